The Hall–Kier alpha value is -2.02. The molecule has 2 aromatic rings. The van der Waals surface area contributed by atoms with Crippen LogP contribution in [-0.4, -0.2) is 51.3 Å². The van der Waals surface area contributed by atoms with Crippen LogP contribution in [0.2, 0.25) is 0 Å². The number of benzene rings is 1. The molecular formula is C22H27FN4OS. The molecule has 5 rings (SSSR count). The van der Waals surface area contributed by atoms with Gasteiger partial charge in [-0.15, -0.1) is 11.8 Å². The van der Waals surface area contributed by atoms with Crippen LogP contribution < -0.4 is 5.32 Å². The van der Waals surface area contributed by atoms with Crippen molar-refractivity contribution in [1.29, 1.82) is 0 Å². The van der Waals surface area contributed by atoms with Crippen LogP contribution in [0.4, 0.5) is 10.1 Å². The van der Waals surface area contributed by atoms with E-state index in [0.717, 1.165) is 58.9 Å². The largest absolute Gasteiger partial charge is 0.381 e. The molecule has 5 nitrogen and oxygen atoms in total. The van der Waals surface area contributed by atoms with Gasteiger partial charge in [0.15, 0.2) is 0 Å². The van der Waals surface area contributed by atoms with Gasteiger partial charge in [-0.2, -0.15) is 0 Å². The number of likely N-dealkylation sites (tertiary alicyclic amines) is 1. The van der Waals surface area contributed by atoms with Gasteiger partial charge in [-0.25, -0.2) is 4.39 Å². The molecule has 0 radical (unpaired) electrons. The molecule has 2 N–H and O–H groups in total. The Bertz CT molecular complexity index is 965. The highest BCUT2D eigenvalue weighted by molar-refractivity contribution is 8.14. The zero-order valence-corrected chi connectivity index (χ0v) is 17.5. The highest BCUT2D eigenvalue weighted by Crippen LogP contribution is 2.33. The van der Waals surface area contributed by atoms with Crippen LogP contribution in [0.5, 0.6) is 0 Å². The molecule has 29 heavy (non-hydrogen) atoms. The van der Waals surface area contributed by atoms with Gasteiger partial charge in [0.2, 0.25) is 5.91 Å². The van der Waals surface area contributed by atoms with E-state index >= 15 is 0 Å². The number of aromatic nitrogens is 1. The minimum atomic E-state index is -0.219. The lowest BCUT2D eigenvalue weighted by atomic mass is 10.1. The second-order valence-corrected chi connectivity index (χ2v) is 9.48. The van der Waals surface area contributed by atoms with Crippen LogP contribution in [0.15, 0.2) is 23.2 Å². The summed E-state index contributed by atoms with van der Waals surface area (Å²) >= 11 is 1.72. The first-order chi connectivity index (χ1) is 14.1. The Labute approximate surface area is 174 Å². The Balaban J connectivity index is 1.41. The molecule has 2 fully saturated rings. The first-order valence-corrected chi connectivity index (χ1v) is 11.7. The van der Waals surface area contributed by atoms with Crippen LogP contribution in [-0.2, 0) is 4.79 Å². The first kappa shape index (κ1) is 19.0. The molecule has 1 aromatic carbocycles. The van der Waals surface area contributed by atoms with Gasteiger partial charge in [0.05, 0.1) is 29.0 Å². The maximum absolute atomic E-state index is 14.2. The van der Waals surface area contributed by atoms with E-state index in [4.69, 9.17) is 4.99 Å². The normalized spacial score (nSPS) is 23.9. The number of H-pyrrole nitrogens is 1. The molecule has 2 aliphatic heterocycles. The van der Waals surface area contributed by atoms with Crippen molar-refractivity contribution in [3.05, 3.63) is 29.7 Å². The van der Waals surface area contributed by atoms with Gasteiger partial charge in [0, 0.05) is 30.1 Å². The van der Waals surface area contributed by atoms with E-state index in [-0.39, 0.29) is 23.8 Å². The van der Waals surface area contributed by atoms with Crippen molar-refractivity contribution in [3.8, 4) is 0 Å². The summed E-state index contributed by atoms with van der Waals surface area (Å²) in [6, 6.07) is 5.83. The third-order valence-electron chi connectivity index (χ3n) is 6.47. The Morgan fingerprint density at radius 3 is 2.86 bits per heavy atom. The van der Waals surface area contributed by atoms with Crippen LogP contribution in [0.25, 0.3) is 10.9 Å². The maximum Gasteiger partial charge on any atom is 0.222 e. The van der Waals surface area contributed by atoms with E-state index in [9.17, 15) is 9.18 Å². The molecule has 7 heteroatoms. The first-order valence-electron chi connectivity index (χ1n) is 10.7. The van der Waals surface area contributed by atoms with Crippen molar-refractivity contribution in [2.24, 2.45) is 4.99 Å². The van der Waals surface area contributed by atoms with E-state index in [1.54, 1.807) is 23.9 Å². The van der Waals surface area contributed by atoms with Gasteiger partial charge in [-0.3, -0.25) is 9.79 Å². The van der Waals surface area contributed by atoms with Crippen molar-refractivity contribution < 1.29 is 9.18 Å². The summed E-state index contributed by atoms with van der Waals surface area (Å²) in [5.74, 6) is 0.899. The quantitative estimate of drug-likeness (QED) is 0.755. The zero-order chi connectivity index (χ0) is 20.0. The number of anilines is 1. The molecule has 1 saturated heterocycles. The maximum atomic E-state index is 14.2. The lowest BCUT2D eigenvalue weighted by molar-refractivity contribution is -0.129. The third kappa shape index (κ3) is 3.65. The van der Waals surface area contributed by atoms with Crippen LogP contribution >= 0.6 is 11.8 Å². The molecule has 2 unspecified atom stereocenters. The number of carbonyl (C=O) groups is 1. The second kappa shape index (κ2) is 7.67. The molecule has 0 spiro atoms. The predicted molar refractivity (Wildman–Crippen MR) is 117 cm³/mol. The Kier molecular flexibility index (Phi) is 5.02. The summed E-state index contributed by atoms with van der Waals surface area (Å²) in [4.78, 5) is 22.5. The van der Waals surface area contributed by atoms with Gasteiger partial charge in [0.1, 0.15) is 10.9 Å². The molecule has 154 valence electrons. The van der Waals surface area contributed by atoms with Crippen molar-refractivity contribution >= 4 is 39.3 Å². The SMILES string of the molecule is CC(C1CSC(c2cc3cc(F)cc(NC4CCCC4)c3[nH]2)=N1)N1CCCC1=O. The van der Waals surface area contributed by atoms with Crippen LogP contribution in [0.3, 0.4) is 0 Å². The summed E-state index contributed by atoms with van der Waals surface area (Å²) in [5, 5.41) is 5.36. The van der Waals surface area contributed by atoms with Gasteiger partial charge in [0.25, 0.3) is 0 Å². The zero-order valence-electron chi connectivity index (χ0n) is 16.7. The number of amides is 1. The molecule has 1 saturated carbocycles. The predicted octanol–water partition coefficient (Wildman–Crippen LogP) is 4.53. The van der Waals surface area contributed by atoms with E-state index in [1.807, 2.05) is 11.0 Å². The summed E-state index contributed by atoms with van der Waals surface area (Å²) in [7, 11) is 0. The standard InChI is InChI=1S/C22H27FN4OS/c1-13(27-8-4-7-20(27)28)19-12-29-22(26-19)18-10-14-9-15(23)11-17(21(14)25-18)24-16-5-2-3-6-16/h9-11,13,16,19,24-25H,2-8,12H2,1H3. The number of carbonyl (C=O) groups excluding carboxylic acids is 1. The molecular weight excluding hydrogens is 387 g/mol. The van der Waals surface area contributed by atoms with E-state index in [2.05, 4.69) is 17.2 Å². The summed E-state index contributed by atoms with van der Waals surface area (Å²) in [5.41, 5.74) is 2.73. The van der Waals surface area contributed by atoms with Crippen molar-refractivity contribution in [1.82, 2.24) is 9.88 Å². The fraction of sp³-hybridized carbons (Fsp3) is 0.545. The number of aromatic amines is 1. The fourth-order valence-electron chi connectivity index (χ4n) is 4.82. The Morgan fingerprint density at radius 2 is 2.10 bits per heavy atom. The second-order valence-electron chi connectivity index (χ2n) is 8.47. The number of nitrogens with zero attached hydrogens (tertiary/aromatic N) is 2. The minimum absolute atomic E-state index is 0.108. The number of hydrogen-bond donors (Lipinski definition) is 2. The number of rotatable bonds is 5. The average Bonchev–Trinajstić information content (AvgIpc) is 3.47. The number of thioether (sulfide) groups is 1. The lowest BCUT2D eigenvalue weighted by Crippen LogP contribution is -2.41. The molecule has 1 aromatic heterocycles. The van der Waals surface area contributed by atoms with E-state index in [1.165, 1.54) is 12.8 Å². The van der Waals surface area contributed by atoms with Crippen LogP contribution in [0, 0.1) is 5.82 Å². The average molecular weight is 415 g/mol. The fourth-order valence-corrected chi connectivity index (χ4v) is 5.98. The molecule has 3 heterocycles. The number of aliphatic imine (C=N–C) groups is 1. The number of fused-ring (bicyclic) bond motifs is 1. The third-order valence-corrected chi connectivity index (χ3v) is 7.58. The molecule has 1 amide bonds. The number of halogens is 1. The molecule has 3 aliphatic rings. The summed E-state index contributed by atoms with van der Waals surface area (Å²) in [6.45, 7) is 2.94. The van der Waals surface area contributed by atoms with Gasteiger partial charge in [-0.05, 0) is 44.4 Å². The molecule has 2 atom stereocenters. The van der Waals surface area contributed by atoms with Gasteiger partial charge < -0.3 is 15.2 Å². The van der Waals surface area contributed by atoms with Gasteiger partial charge in [-0.1, -0.05) is 12.8 Å². The van der Waals surface area contributed by atoms with Crippen molar-refractivity contribution in [2.75, 3.05) is 17.6 Å². The lowest BCUT2D eigenvalue weighted by Gasteiger charge is -2.27. The van der Waals surface area contributed by atoms with E-state index < -0.39 is 0 Å². The number of hydrogen-bond acceptors (Lipinski definition) is 4. The Morgan fingerprint density at radius 1 is 1.28 bits per heavy atom. The summed E-state index contributed by atoms with van der Waals surface area (Å²) < 4.78 is 14.2. The number of nitrogens with one attached hydrogen (secondary N) is 2. The van der Waals surface area contributed by atoms with Crippen molar-refractivity contribution in [2.45, 2.75) is 63.6 Å². The smallest absolute Gasteiger partial charge is 0.222 e. The van der Waals surface area contributed by atoms with Crippen LogP contribution in [0.1, 0.15) is 51.1 Å². The van der Waals surface area contributed by atoms with E-state index in [0.29, 0.717) is 12.5 Å². The van der Waals surface area contributed by atoms with Gasteiger partial charge >= 0.3 is 0 Å². The monoisotopic (exact) mass is 414 g/mol. The topological polar surface area (TPSA) is 60.5 Å². The molecule has 1 aliphatic carbocycles. The van der Waals surface area contributed by atoms with Crippen molar-refractivity contribution in [3.63, 3.8) is 0 Å². The highest BCUT2D eigenvalue weighted by Gasteiger charge is 2.33. The highest BCUT2D eigenvalue weighted by atomic mass is 32.2. The minimum Gasteiger partial charge on any atom is -0.381 e. The molecule has 0 bridgehead atoms. The summed E-state index contributed by atoms with van der Waals surface area (Å²) in [6.07, 6.45) is 6.36.